The molecule has 1 heterocycles. The van der Waals surface area contributed by atoms with E-state index in [1.165, 1.54) is 77.2 Å². The van der Waals surface area contributed by atoms with Crippen LogP contribution < -0.4 is 0 Å². The average Bonchev–Trinajstić information content (AvgIpc) is 3.69. The third-order valence-electron chi connectivity index (χ3n) is 13.7. The molecule has 0 N–H and O–H groups in total. The molecule has 0 aliphatic heterocycles. The van der Waals surface area contributed by atoms with Gasteiger partial charge < -0.3 is 0 Å². The molecule has 62 heavy (non-hydrogen) atoms. The van der Waals surface area contributed by atoms with Gasteiger partial charge >= 0.3 is 0 Å². The minimum absolute atomic E-state index is 0.136. The Kier molecular flexibility index (Phi) is 7.92. The Bertz CT molecular complexity index is 3320. The predicted octanol–water partition coefficient (Wildman–Crippen LogP) is 15.1. The summed E-state index contributed by atoms with van der Waals surface area (Å²) >= 11 is 0. The number of nitrogens with zero attached hydrogens (tertiary/aromatic N) is 3. The van der Waals surface area contributed by atoms with E-state index >= 15 is 0 Å². The molecule has 2 aliphatic rings. The number of rotatable bonds is 5. The lowest BCUT2D eigenvalue weighted by Crippen LogP contribution is -2.17. The van der Waals surface area contributed by atoms with Crippen molar-refractivity contribution in [3.05, 3.63) is 210 Å². The second kappa shape index (κ2) is 13.5. The maximum absolute atomic E-state index is 5.21. The van der Waals surface area contributed by atoms with Gasteiger partial charge in [0.1, 0.15) is 0 Å². The third-order valence-corrected chi connectivity index (χ3v) is 13.7. The van der Waals surface area contributed by atoms with Crippen LogP contribution in [-0.4, -0.2) is 15.0 Å². The fourth-order valence-electron chi connectivity index (χ4n) is 10.3. The van der Waals surface area contributed by atoms with Gasteiger partial charge in [0.2, 0.25) is 0 Å². The summed E-state index contributed by atoms with van der Waals surface area (Å²) in [5.74, 6) is 1.96. The lowest BCUT2D eigenvalue weighted by atomic mass is 9.79. The van der Waals surface area contributed by atoms with Crippen molar-refractivity contribution < 1.29 is 0 Å². The van der Waals surface area contributed by atoms with Crippen LogP contribution in [0.1, 0.15) is 49.9 Å². The van der Waals surface area contributed by atoms with Gasteiger partial charge in [-0.25, -0.2) is 15.0 Å². The van der Waals surface area contributed by atoms with Crippen molar-refractivity contribution in [2.45, 2.75) is 38.5 Å². The second-order valence-electron chi connectivity index (χ2n) is 18.1. The minimum Gasteiger partial charge on any atom is -0.208 e. The summed E-state index contributed by atoms with van der Waals surface area (Å²) in [7, 11) is 0. The first-order valence-electron chi connectivity index (χ1n) is 21.6. The van der Waals surface area contributed by atoms with E-state index in [1.54, 1.807) is 0 Å². The van der Waals surface area contributed by atoms with Crippen molar-refractivity contribution in [3.8, 4) is 78.7 Å². The van der Waals surface area contributed by atoms with Gasteiger partial charge in [0.05, 0.1) is 0 Å². The van der Waals surface area contributed by atoms with E-state index < -0.39 is 0 Å². The van der Waals surface area contributed by atoms with Gasteiger partial charge in [0.15, 0.2) is 17.5 Å². The quantitative estimate of drug-likeness (QED) is 0.163. The Morgan fingerprint density at radius 1 is 0.290 bits per heavy atom. The number of hydrogen-bond donors (Lipinski definition) is 0. The maximum Gasteiger partial charge on any atom is 0.164 e. The molecule has 9 aromatic carbocycles. The van der Waals surface area contributed by atoms with E-state index in [0.717, 1.165) is 27.8 Å². The van der Waals surface area contributed by atoms with E-state index in [0.29, 0.717) is 17.5 Å². The van der Waals surface area contributed by atoms with Crippen LogP contribution in [0.5, 0.6) is 0 Å². The van der Waals surface area contributed by atoms with Gasteiger partial charge in [-0.05, 0) is 119 Å². The smallest absolute Gasteiger partial charge is 0.164 e. The number of benzene rings is 9. The summed E-state index contributed by atoms with van der Waals surface area (Å²) in [5, 5.41) is 5.17. The molecule has 0 radical (unpaired) electrons. The molecule has 0 saturated carbocycles. The van der Waals surface area contributed by atoms with Gasteiger partial charge in [-0.2, -0.15) is 0 Å². The van der Waals surface area contributed by atoms with Crippen LogP contribution in [-0.2, 0) is 10.8 Å². The number of aromatic nitrogens is 3. The molecule has 294 valence electrons. The van der Waals surface area contributed by atoms with Crippen molar-refractivity contribution in [3.63, 3.8) is 0 Å². The monoisotopic (exact) mass is 793 g/mol. The molecule has 1 aromatic heterocycles. The highest BCUT2D eigenvalue weighted by atomic mass is 15.0. The molecule has 10 aromatic rings. The van der Waals surface area contributed by atoms with Crippen molar-refractivity contribution >= 4 is 21.5 Å². The molecule has 0 spiro atoms. The van der Waals surface area contributed by atoms with Crippen LogP contribution in [0.4, 0.5) is 0 Å². The summed E-state index contributed by atoms with van der Waals surface area (Å²) in [4.78, 5) is 15.5. The van der Waals surface area contributed by atoms with E-state index in [-0.39, 0.29) is 10.8 Å². The topological polar surface area (TPSA) is 38.7 Å². The van der Waals surface area contributed by atoms with Gasteiger partial charge in [-0.3, -0.25) is 0 Å². The lowest BCUT2D eigenvalue weighted by molar-refractivity contribution is 0.652. The molecule has 0 atom stereocenters. The SMILES string of the molecule is CC1(C)c2cc(-c3nc(-c4ccc(-c5ccccc5)cc4)nc(-c4ccc(-c5ccccc5)cc4)n3)ccc2-c2cc3c(cc21)-c1c(ccc2cc4ccccc4cc12)C3(C)C. The molecule has 3 nitrogen and oxygen atoms in total. The summed E-state index contributed by atoms with van der Waals surface area (Å²) < 4.78 is 0. The van der Waals surface area contributed by atoms with E-state index in [1.807, 2.05) is 12.1 Å². The largest absolute Gasteiger partial charge is 0.208 e. The van der Waals surface area contributed by atoms with Crippen LogP contribution in [0.15, 0.2) is 188 Å². The molecular formula is C59H43N3. The van der Waals surface area contributed by atoms with Gasteiger partial charge in [0.25, 0.3) is 0 Å². The zero-order chi connectivity index (χ0) is 41.7. The Hall–Kier alpha value is -7.49. The molecule has 0 saturated heterocycles. The third kappa shape index (κ3) is 5.62. The number of fused-ring (bicyclic) bond motifs is 9. The molecular weight excluding hydrogens is 751 g/mol. The lowest BCUT2D eigenvalue weighted by Gasteiger charge is -2.24. The molecule has 0 bridgehead atoms. The molecule has 0 unspecified atom stereocenters. The first kappa shape index (κ1) is 36.4. The van der Waals surface area contributed by atoms with Gasteiger partial charge in [-0.1, -0.05) is 185 Å². The first-order chi connectivity index (χ1) is 30.2. The van der Waals surface area contributed by atoms with Crippen LogP contribution in [0.3, 0.4) is 0 Å². The van der Waals surface area contributed by atoms with E-state index in [2.05, 4.69) is 204 Å². The van der Waals surface area contributed by atoms with Gasteiger partial charge in [-0.15, -0.1) is 0 Å². The van der Waals surface area contributed by atoms with Crippen LogP contribution in [0.2, 0.25) is 0 Å². The minimum atomic E-state index is -0.251. The predicted molar refractivity (Wildman–Crippen MR) is 257 cm³/mol. The van der Waals surface area contributed by atoms with Crippen molar-refractivity contribution in [2.24, 2.45) is 0 Å². The van der Waals surface area contributed by atoms with Crippen molar-refractivity contribution in [2.75, 3.05) is 0 Å². The van der Waals surface area contributed by atoms with E-state index in [4.69, 9.17) is 15.0 Å². The highest BCUT2D eigenvalue weighted by molar-refractivity contribution is 6.09. The molecule has 2 aliphatic carbocycles. The number of hydrogen-bond acceptors (Lipinski definition) is 3. The average molecular weight is 794 g/mol. The Labute approximate surface area is 362 Å². The zero-order valence-electron chi connectivity index (χ0n) is 35.2. The van der Waals surface area contributed by atoms with E-state index in [9.17, 15) is 0 Å². The highest BCUT2D eigenvalue weighted by Gasteiger charge is 2.42. The summed E-state index contributed by atoms with van der Waals surface area (Å²) in [6.45, 7) is 9.53. The van der Waals surface area contributed by atoms with Crippen molar-refractivity contribution in [1.29, 1.82) is 0 Å². The first-order valence-corrected chi connectivity index (χ1v) is 21.6. The standard InChI is InChI=1S/C59H43N3/c1-58(2)50-30-28-44-31-42-17-11-12-18-43(42)32-47(44)54(50)49-35-52-48(34-53(49)58)46-29-27-45(33-51(46)59(52,3)4)57-61-55(40-23-19-38(20-24-40)36-13-7-5-8-14-36)60-56(62-57)41-25-21-39(22-26-41)37-15-9-6-10-16-37/h5-35H,1-4H3. The Balaban J connectivity index is 0.975. The fraction of sp³-hybridized carbons (Fsp3) is 0.102. The molecule has 0 fully saturated rings. The highest BCUT2D eigenvalue weighted by Crippen LogP contribution is 2.57. The molecule has 0 amide bonds. The van der Waals surface area contributed by atoms with Crippen LogP contribution in [0.25, 0.3) is 100 Å². The molecule has 12 rings (SSSR count). The normalized spacial score (nSPS) is 14.1. The summed E-state index contributed by atoms with van der Waals surface area (Å²) in [5.41, 5.74) is 17.9. The van der Waals surface area contributed by atoms with Gasteiger partial charge in [0, 0.05) is 27.5 Å². The maximum atomic E-state index is 5.21. The van der Waals surface area contributed by atoms with Crippen molar-refractivity contribution in [1.82, 2.24) is 15.0 Å². The Morgan fingerprint density at radius 2 is 0.726 bits per heavy atom. The van der Waals surface area contributed by atoms with Crippen LogP contribution in [0, 0.1) is 0 Å². The summed E-state index contributed by atoms with van der Waals surface area (Å²) in [6, 6.07) is 68.0. The van der Waals surface area contributed by atoms with Crippen LogP contribution >= 0.6 is 0 Å². The summed E-state index contributed by atoms with van der Waals surface area (Å²) in [6.07, 6.45) is 0. The Morgan fingerprint density at radius 3 is 1.32 bits per heavy atom. The second-order valence-corrected chi connectivity index (χ2v) is 18.1. The zero-order valence-corrected chi connectivity index (χ0v) is 35.2. The fourth-order valence-corrected chi connectivity index (χ4v) is 10.3. The molecule has 3 heteroatoms.